The lowest BCUT2D eigenvalue weighted by atomic mass is 9.78. The molecule has 0 aromatic heterocycles. The van der Waals surface area contributed by atoms with Crippen molar-refractivity contribution in [1.29, 1.82) is 0 Å². The van der Waals surface area contributed by atoms with Crippen LogP contribution in [-0.2, 0) is 16.1 Å². The molecule has 1 aromatic carbocycles. The Kier molecular flexibility index (Phi) is 4.56. The van der Waals surface area contributed by atoms with Gasteiger partial charge in [0.25, 0.3) is 0 Å². The number of hydrogen-bond donors (Lipinski definition) is 0. The minimum Gasteiger partial charge on any atom is -0.342 e. The zero-order valence-electron chi connectivity index (χ0n) is 13.9. The number of piperidine rings is 1. The first-order valence-corrected chi connectivity index (χ1v) is 8.47. The molecular formula is C18H22F2N2O2. The Labute approximate surface area is 140 Å². The van der Waals surface area contributed by atoms with E-state index in [0.29, 0.717) is 32.5 Å². The average Bonchev–Trinajstić information content (AvgIpc) is 3.00. The molecule has 0 N–H and O–H groups in total. The summed E-state index contributed by atoms with van der Waals surface area (Å²) in [4.78, 5) is 28.3. The lowest BCUT2D eigenvalue weighted by molar-refractivity contribution is -0.146. The molecule has 0 bridgehead atoms. The van der Waals surface area contributed by atoms with Crippen molar-refractivity contribution >= 4 is 11.8 Å². The number of nitrogens with zero attached hydrogens (tertiary/aromatic N) is 2. The van der Waals surface area contributed by atoms with Gasteiger partial charge in [0.15, 0.2) is 11.6 Å². The van der Waals surface area contributed by atoms with E-state index in [1.54, 1.807) is 9.80 Å². The van der Waals surface area contributed by atoms with Crippen molar-refractivity contribution in [1.82, 2.24) is 9.80 Å². The third-order valence-electron chi connectivity index (χ3n) is 5.23. The standard InChI is InChI=1S/C18H22F2N2O2/c1-2-15(23)22-10-8-18(12-22)7-4-9-21(17(18)24)11-13-5-3-6-14(19)16(13)20/h3,5-6H,2,4,7-12H2,1H3/t18-/m0/s1. The second-order valence-corrected chi connectivity index (χ2v) is 6.74. The molecule has 0 aliphatic carbocycles. The summed E-state index contributed by atoms with van der Waals surface area (Å²) in [7, 11) is 0. The molecule has 2 aliphatic heterocycles. The molecule has 0 unspecified atom stereocenters. The van der Waals surface area contributed by atoms with Gasteiger partial charge in [0.05, 0.1) is 5.41 Å². The van der Waals surface area contributed by atoms with Gasteiger partial charge in [-0.1, -0.05) is 19.1 Å². The largest absolute Gasteiger partial charge is 0.342 e. The van der Waals surface area contributed by atoms with Gasteiger partial charge in [-0.2, -0.15) is 0 Å². The SMILES string of the molecule is CCC(=O)N1CC[C@@]2(CCCN(Cc3cccc(F)c3F)C2=O)C1. The summed E-state index contributed by atoms with van der Waals surface area (Å²) in [5, 5.41) is 0. The van der Waals surface area contributed by atoms with E-state index in [-0.39, 0.29) is 23.9 Å². The van der Waals surface area contributed by atoms with E-state index in [9.17, 15) is 18.4 Å². The Balaban J connectivity index is 1.76. The van der Waals surface area contributed by atoms with Gasteiger partial charge in [-0.3, -0.25) is 9.59 Å². The first-order chi connectivity index (χ1) is 11.5. The molecular weight excluding hydrogens is 314 g/mol. The molecule has 24 heavy (non-hydrogen) atoms. The first-order valence-electron chi connectivity index (χ1n) is 8.47. The smallest absolute Gasteiger partial charge is 0.230 e. The molecule has 2 fully saturated rings. The number of hydrogen-bond acceptors (Lipinski definition) is 2. The molecule has 130 valence electrons. The van der Waals surface area contributed by atoms with E-state index in [4.69, 9.17) is 0 Å². The monoisotopic (exact) mass is 336 g/mol. The minimum absolute atomic E-state index is 0.0381. The molecule has 2 amide bonds. The Morgan fingerprint density at radius 2 is 2.04 bits per heavy atom. The van der Waals surface area contributed by atoms with Crippen molar-refractivity contribution in [3.05, 3.63) is 35.4 Å². The summed E-state index contributed by atoms with van der Waals surface area (Å²) in [5.41, 5.74) is -0.354. The third kappa shape index (κ3) is 2.89. The summed E-state index contributed by atoms with van der Waals surface area (Å²) in [6.45, 7) is 3.47. The number of rotatable bonds is 3. The van der Waals surface area contributed by atoms with Crippen LogP contribution in [0.3, 0.4) is 0 Å². The van der Waals surface area contributed by atoms with Crippen LogP contribution < -0.4 is 0 Å². The van der Waals surface area contributed by atoms with Crippen molar-refractivity contribution in [3.63, 3.8) is 0 Å². The number of halogens is 2. The van der Waals surface area contributed by atoms with Gasteiger partial charge in [0, 0.05) is 38.2 Å². The van der Waals surface area contributed by atoms with E-state index in [1.165, 1.54) is 12.1 Å². The van der Waals surface area contributed by atoms with Gasteiger partial charge in [-0.05, 0) is 25.3 Å². The van der Waals surface area contributed by atoms with E-state index >= 15 is 0 Å². The molecule has 2 aliphatic rings. The third-order valence-corrected chi connectivity index (χ3v) is 5.23. The van der Waals surface area contributed by atoms with Crippen LogP contribution in [0.2, 0.25) is 0 Å². The molecule has 1 atom stereocenters. The van der Waals surface area contributed by atoms with Crippen LogP contribution in [0.4, 0.5) is 8.78 Å². The Morgan fingerprint density at radius 1 is 1.25 bits per heavy atom. The van der Waals surface area contributed by atoms with Gasteiger partial charge in [-0.25, -0.2) is 8.78 Å². The number of carbonyl (C=O) groups excluding carboxylic acids is 2. The zero-order valence-corrected chi connectivity index (χ0v) is 13.9. The number of benzene rings is 1. The molecule has 2 heterocycles. The summed E-state index contributed by atoms with van der Waals surface area (Å²) < 4.78 is 27.3. The lowest BCUT2D eigenvalue weighted by Crippen LogP contribution is -2.50. The van der Waals surface area contributed by atoms with E-state index in [0.717, 1.165) is 18.9 Å². The second-order valence-electron chi connectivity index (χ2n) is 6.74. The maximum atomic E-state index is 13.9. The molecule has 3 rings (SSSR count). The van der Waals surface area contributed by atoms with Crippen LogP contribution in [-0.4, -0.2) is 41.2 Å². The van der Waals surface area contributed by atoms with Crippen molar-refractivity contribution in [2.45, 2.75) is 39.2 Å². The van der Waals surface area contributed by atoms with Crippen molar-refractivity contribution in [3.8, 4) is 0 Å². The first kappa shape index (κ1) is 16.9. The molecule has 4 nitrogen and oxygen atoms in total. The Hall–Kier alpha value is -1.98. The highest BCUT2D eigenvalue weighted by Gasteiger charge is 2.49. The summed E-state index contributed by atoms with van der Waals surface area (Å²) in [5.74, 6) is -1.76. The van der Waals surface area contributed by atoms with Crippen LogP contribution in [0.15, 0.2) is 18.2 Å². The second kappa shape index (κ2) is 6.49. The van der Waals surface area contributed by atoms with Gasteiger partial charge >= 0.3 is 0 Å². The number of amides is 2. The highest BCUT2D eigenvalue weighted by molar-refractivity contribution is 5.86. The Morgan fingerprint density at radius 3 is 2.79 bits per heavy atom. The van der Waals surface area contributed by atoms with Crippen LogP contribution in [0.5, 0.6) is 0 Å². The van der Waals surface area contributed by atoms with Crippen molar-refractivity contribution in [2.75, 3.05) is 19.6 Å². The lowest BCUT2D eigenvalue weighted by Gasteiger charge is -2.39. The average molecular weight is 336 g/mol. The van der Waals surface area contributed by atoms with Crippen LogP contribution in [0, 0.1) is 17.0 Å². The normalized spacial score (nSPS) is 24.0. The highest BCUT2D eigenvalue weighted by Crippen LogP contribution is 2.40. The van der Waals surface area contributed by atoms with Crippen molar-refractivity contribution in [2.24, 2.45) is 5.41 Å². The van der Waals surface area contributed by atoms with E-state index in [2.05, 4.69) is 0 Å². The Bertz CT molecular complexity index is 664. The molecule has 6 heteroatoms. The van der Waals surface area contributed by atoms with Gasteiger partial charge in [-0.15, -0.1) is 0 Å². The quantitative estimate of drug-likeness (QED) is 0.851. The van der Waals surface area contributed by atoms with Crippen molar-refractivity contribution < 1.29 is 18.4 Å². The number of likely N-dealkylation sites (tertiary alicyclic amines) is 2. The maximum Gasteiger partial charge on any atom is 0.230 e. The molecule has 1 aromatic rings. The molecule has 1 spiro atoms. The summed E-state index contributed by atoms with van der Waals surface area (Å²) in [6, 6.07) is 4.03. The maximum absolute atomic E-state index is 13.9. The molecule has 0 radical (unpaired) electrons. The predicted octanol–water partition coefficient (Wildman–Crippen LogP) is 2.72. The van der Waals surface area contributed by atoms with Crippen LogP contribution in [0.25, 0.3) is 0 Å². The van der Waals surface area contributed by atoms with Gasteiger partial charge < -0.3 is 9.80 Å². The topological polar surface area (TPSA) is 40.6 Å². The summed E-state index contributed by atoms with van der Waals surface area (Å²) >= 11 is 0. The van der Waals surface area contributed by atoms with E-state index in [1.807, 2.05) is 6.92 Å². The predicted molar refractivity (Wildman–Crippen MR) is 84.9 cm³/mol. The fourth-order valence-corrected chi connectivity index (χ4v) is 3.87. The van der Waals surface area contributed by atoms with Gasteiger partial charge in [0.2, 0.25) is 11.8 Å². The zero-order chi connectivity index (χ0) is 17.3. The summed E-state index contributed by atoms with van der Waals surface area (Å²) in [6.07, 6.45) is 2.65. The fraction of sp³-hybridized carbons (Fsp3) is 0.556. The fourth-order valence-electron chi connectivity index (χ4n) is 3.87. The van der Waals surface area contributed by atoms with E-state index < -0.39 is 17.0 Å². The molecule has 0 saturated carbocycles. The van der Waals surface area contributed by atoms with Gasteiger partial charge in [0.1, 0.15) is 0 Å². The minimum atomic E-state index is -0.896. The molecule has 2 saturated heterocycles. The highest BCUT2D eigenvalue weighted by atomic mass is 19.2. The number of carbonyl (C=O) groups is 2. The van der Waals surface area contributed by atoms with Crippen LogP contribution in [0.1, 0.15) is 38.2 Å². The van der Waals surface area contributed by atoms with Crippen LogP contribution >= 0.6 is 0 Å².